The third-order valence-electron chi connectivity index (χ3n) is 5.08. The van der Waals surface area contributed by atoms with Crippen LogP contribution in [0.15, 0.2) is 77.3 Å². The largest absolute Gasteiger partial charge is 0.457 e. The molecule has 6 heteroatoms. The minimum Gasteiger partial charge on any atom is -0.457 e. The third-order valence-corrected chi connectivity index (χ3v) is 5.58. The van der Waals surface area contributed by atoms with E-state index in [2.05, 4.69) is 33.4 Å². The Balaban J connectivity index is 1.47. The van der Waals surface area contributed by atoms with E-state index in [9.17, 15) is 5.26 Å². The van der Waals surface area contributed by atoms with Gasteiger partial charge < -0.3 is 10.1 Å². The predicted molar refractivity (Wildman–Crippen MR) is 120 cm³/mol. The lowest BCUT2D eigenvalue weighted by Gasteiger charge is -2.08. The summed E-state index contributed by atoms with van der Waals surface area (Å²) < 4.78 is 8.79. The first-order valence-electron chi connectivity index (χ1n) is 9.61. The molecule has 146 valence electrons. The van der Waals surface area contributed by atoms with Gasteiger partial charge in [0.25, 0.3) is 0 Å². The molecular weight excluding hydrogens is 440 g/mol. The third kappa shape index (κ3) is 3.44. The van der Waals surface area contributed by atoms with Gasteiger partial charge in [0, 0.05) is 22.3 Å². The molecule has 5 rings (SSSR count). The van der Waals surface area contributed by atoms with Crippen molar-refractivity contribution in [3.8, 4) is 28.8 Å². The van der Waals surface area contributed by atoms with Gasteiger partial charge in [-0.1, -0.05) is 34.1 Å². The Morgan fingerprint density at radius 3 is 2.53 bits per heavy atom. The van der Waals surface area contributed by atoms with Gasteiger partial charge in [-0.3, -0.25) is 0 Å². The Morgan fingerprint density at radius 2 is 1.77 bits per heavy atom. The van der Waals surface area contributed by atoms with Gasteiger partial charge in [-0.2, -0.15) is 10.4 Å². The molecule has 1 aromatic heterocycles. The van der Waals surface area contributed by atoms with E-state index in [4.69, 9.17) is 9.84 Å². The highest BCUT2D eigenvalue weighted by atomic mass is 79.9. The monoisotopic (exact) mass is 456 g/mol. The first-order valence-corrected chi connectivity index (χ1v) is 10.4. The second-order valence-electron chi connectivity index (χ2n) is 7.02. The number of aryl methyl sites for hydroxylation is 2. The van der Waals surface area contributed by atoms with Gasteiger partial charge in [-0.15, -0.1) is 0 Å². The van der Waals surface area contributed by atoms with Crippen LogP contribution in [0.3, 0.4) is 0 Å². The number of fused-ring (bicyclic) bond motifs is 2. The molecule has 5 nitrogen and oxygen atoms in total. The molecule has 0 aliphatic carbocycles. The van der Waals surface area contributed by atoms with Gasteiger partial charge in [0.1, 0.15) is 34.6 Å². The Hall–Kier alpha value is -3.56. The van der Waals surface area contributed by atoms with Gasteiger partial charge in [0.05, 0.1) is 0 Å². The fourth-order valence-electron chi connectivity index (χ4n) is 3.61. The molecule has 3 aromatic carbocycles. The number of hydrogen-bond acceptors (Lipinski definition) is 4. The van der Waals surface area contributed by atoms with Crippen LogP contribution in [0.4, 0.5) is 11.5 Å². The molecule has 1 N–H and O–H groups in total. The zero-order valence-corrected chi connectivity index (χ0v) is 17.6. The molecule has 0 radical (unpaired) electrons. The number of para-hydroxylation sites is 1. The van der Waals surface area contributed by atoms with Crippen molar-refractivity contribution in [2.75, 3.05) is 5.32 Å². The molecule has 0 atom stereocenters. The molecule has 1 aliphatic rings. The average Bonchev–Trinajstić information content (AvgIpc) is 3.02. The molecule has 0 spiro atoms. The van der Waals surface area contributed by atoms with Crippen molar-refractivity contribution < 1.29 is 4.74 Å². The minimum atomic E-state index is 0.544. The van der Waals surface area contributed by atoms with Crippen LogP contribution in [-0.2, 0) is 13.0 Å². The van der Waals surface area contributed by atoms with E-state index in [1.165, 1.54) is 5.56 Å². The standard InChI is InChI=1S/C24H17BrN4O/c25-18-8-11-22-17(14-18)12-13-29-24(27-22)21(15-26)23(28-29)16-6-9-20(10-7-16)30-19-4-2-1-3-5-19/h1-11,14,27H,12-13H2. The number of anilines is 2. The lowest BCUT2D eigenvalue weighted by atomic mass is 10.1. The first kappa shape index (κ1) is 18.5. The van der Waals surface area contributed by atoms with E-state index >= 15 is 0 Å². The zero-order chi connectivity index (χ0) is 20.5. The number of rotatable bonds is 3. The predicted octanol–water partition coefficient (Wildman–Crippen LogP) is 6.28. The highest BCUT2D eigenvalue weighted by Crippen LogP contribution is 2.35. The smallest absolute Gasteiger partial charge is 0.147 e. The number of aromatic nitrogens is 2. The zero-order valence-electron chi connectivity index (χ0n) is 16.0. The van der Waals surface area contributed by atoms with Crippen molar-refractivity contribution in [1.29, 1.82) is 5.26 Å². The molecule has 4 aromatic rings. The Labute approximate surface area is 182 Å². The van der Waals surface area contributed by atoms with Crippen molar-refractivity contribution in [2.45, 2.75) is 13.0 Å². The normalized spacial score (nSPS) is 12.1. The molecule has 0 amide bonds. The van der Waals surface area contributed by atoms with E-state index in [1.54, 1.807) is 0 Å². The summed E-state index contributed by atoms with van der Waals surface area (Å²) in [6.45, 7) is 0.704. The summed E-state index contributed by atoms with van der Waals surface area (Å²) in [5.41, 5.74) is 4.30. The molecular formula is C24H17BrN4O. The Morgan fingerprint density at radius 1 is 1.00 bits per heavy atom. The lowest BCUT2D eigenvalue weighted by Crippen LogP contribution is -2.02. The summed E-state index contributed by atoms with van der Waals surface area (Å²) >= 11 is 3.53. The molecule has 0 saturated carbocycles. The Bertz CT molecular complexity index is 1260. The van der Waals surface area contributed by atoms with E-state index in [0.717, 1.165) is 39.5 Å². The fraction of sp³-hybridized carbons (Fsp3) is 0.0833. The number of nitrogens with zero attached hydrogens (tertiary/aromatic N) is 3. The number of benzene rings is 3. The SMILES string of the molecule is N#Cc1c(-c2ccc(Oc3ccccc3)cc2)nn2c1Nc1ccc(Br)cc1CC2. The lowest BCUT2D eigenvalue weighted by molar-refractivity contribution is 0.483. The van der Waals surface area contributed by atoms with Crippen LogP contribution >= 0.6 is 15.9 Å². The molecule has 1 aliphatic heterocycles. The van der Waals surface area contributed by atoms with Gasteiger partial charge in [0.15, 0.2) is 0 Å². The summed E-state index contributed by atoms with van der Waals surface area (Å²) in [6.07, 6.45) is 0.838. The van der Waals surface area contributed by atoms with Crippen LogP contribution in [0.25, 0.3) is 11.3 Å². The van der Waals surface area contributed by atoms with Crippen molar-refractivity contribution in [3.05, 3.63) is 88.4 Å². The molecule has 0 saturated heterocycles. The van der Waals surface area contributed by atoms with Gasteiger partial charge in [-0.05, 0) is 66.6 Å². The van der Waals surface area contributed by atoms with Crippen LogP contribution in [-0.4, -0.2) is 9.78 Å². The van der Waals surface area contributed by atoms with Crippen molar-refractivity contribution in [1.82, 2.24) is 9.78 Å². The number of hydrogen-bond donors (Lipinski definition) is 1. The molecule has 30 heavy (non-hydrogen) atoms. The van der Waals surface area contributed by atoms with E-state index in [0.29, 0.717) is 17.8 Å². The molecule has 0 unspecified atom stereocenters. The maximum absolute atomic E-state index is 9.88. The van der Waals surface area contributed by atoms with Crippen LogP contribution in [0.2, 0.25) is 0 Å². The Kier molecular flexibility index (Phi) is 4.74. The van der Waals surface area contributed by atoms with Crippen LogP contribution in [0, 0.1) is 11.3 Å². The van der Waals surface area contributed by atoms with Crippen molar-refractivity contribution in [2.24, 2.45) is 0 Å². The average molecular weight is 457 g/mol. The van der Waals surface area contributed by atoms with E-state index in [-0.39, 0.29) is 0 Å². The molecule has 0 fully saturated rings. The summed E-state index contributed by atoms with van der Waals surface area (Å²) in [5, 5.41) is 18.0. The van der Waals surface area contributed by atoms with Crippen molar-refractivity contribution in [3.63, 3.8) is 0 Å². The second-order valence-corrected chi connectivity index (χ2v) is 7.94. The van der Waals surface area contributed by atoms with Gasteiger partial charge in [0.2, 0.25) is 0 Å². The topological polar surface area (TPSA) is 62.9 Å². The van der Waals surface area contributed by atoms with Gasteiger partial charge >= 0.3 is 0 Å². The van der Waals surface area contributed by atoms with Crippen molar-refractivity contribution >= 4 is 27.4 Å². The second kappa shape index (κ2) is 7.69. The minimum absolute atomic E-state index is 0.544. The molecule has 2 heterocycles. The summed E-state index contributed by atoms with van der Waals surface area (Å²) in [5.74, 6) is 2.26. The number of halogens is 1. The number of nitrogens with one attached hydrogen (secondary N) is 1. The number of nitriles is 1. The summed E-state index contributed by atoms with van der Waals surface area (Å²) in [7, 11) is 0. The summed E-state index contributed by atoms with van der Waals surface area (Å²) in [4.78, 5) is 0. The highest BCUT2D eigenvalue weighted by molar-refractivity contribution is 9.10. The molecule has 0 bridgehead atoms. The summed E-state index contributed by atoms with van der Waals surface area (Å²) in [6, 6.07) is 25.8. The van der Waals surface area contributed by atoms with Crippen LogP contribution in [0.5, 0.6) is 11.5 Å². The maximum atomic E-state index is 9.88. The van der Waals surface area contributed by atoms with Crippen LogP contribution < -0.4 is 10.1 Å². The first-order chi connectivity index (χ1) is 14.7. The van der Waals surface area contributed by atoms with E-state index < -0.39 is 0 Å². The quantitative estimate of drug-likeness (QED) is 0.394. The number of ether oxygens (including phenoxy) is 1. The van der Waals surface area contributed by atoms with Crippen LogP contribution in [0.1, 0.15) is 11.1 Å². The van der Waals surface area contributed by atoms with E-state index in [1.807, 2.05) is 71.4 Å². The maximum Gasteiger partial charge on any atom is 0.147 e. The highest BCUT2D eigenvalue weighted by Gasteiger charge is 2.22. The van der Waals surface area contributed by atoms with Gasteiger partial charge in [-0.25, -0.2) is 4.68 Å². The fourth-order valence-corrected chi connectivity index (χ4v) is 4.02.